The molecule has 14 heteroatoms. The summed E-state index contributed by atoms with van der Waals surface area (Å²) in [5.74, 6) is -0.414. The maximum absolute atomic E-state index is 12.4. The number of amides is 1. The lowest BCUT2D eigenvalue weighted by atomic mass is 10.1. The number of ether oxygens (including phenoxy) is 1. The molecule has 40 heavy (non-hydrogen) atoms. The monoisotopic (exact) mass is 549 g/mol. The highest BCUT2D eigenvalue weighted by Gasteiger charge is 2.31. The fraction of sp³-hybridized carbons (Fsp3) is 0.0385. The Morgan fingerprint density at radius 2 is 1.45 bits per heavy atom. The number of nitrogens with two attached hydrogens (primary N) is 1. The minimum absolute atomic E-state index is 0.0205. The molecule has 5 rings (SSSR count). The van der Waals surface area contributed by atoms with Crippen molar-refractivity contribution in [1.82, 2.24) is 15.2 Å². The van der Waals surface area contributed by atoms with Gasteiger partial charge in [-0.3, -0.25) is 19.5 Å². The van der Waals surface area contributed by atoms with Gasteiger partial charge in [-0.05, 0) is 48.5 Å². The van der Waals surface area contributed by atoms with Crippen LogP contribution in [-0.2, 0) is 0 Å². The summed E-state index contributed by atoms with van der Waals surface area (Å²) in [7, 11) is 0. The summed E-state index contributed by atoms with van der Waals surface area (Å²) < 4.78 is 40.9. The van der Waals surface area contributed by atoms with Crippen LogP contribution in [0.1, 0.15) is 10.4 Å². The van der Waals surface area contributed by atoms with Crippen molar-refractivity contribution < 1.29 is 22.7 Å². The summed E-state index contributed by atoms with van der Waals surface area (Å²) in [6.07, 6.45) is -3.26. The van der Waals surface area contributed by atoms with Crippen molar-refractivity contribution in [2.45, 2.75) is 6.36 Å². The van der Waals surface area contributed by atoms with Gasteiger partial charge in [0, 0.05) is 23.1 Å². The van der Waals surface area contributed by atoms with E-state index in [1.54, 1.807) is 48.7 Å². The van der Waals surface area contributed by atoms with Gasteiger partial charge in [-0.15, -0.1) is 13.2 Å². The molecule has 0 unspecified atom stereocenters. The van der Waals surface area contributed by atoms with Crippen molar-refractivity contribution in [3.05, 3.63) is 98.9 Å². The van der Waals surface area contributed by atoms with Gasteiger partial charge in [0.2, 0.25) is 0 Å². The number of aromatic nitrogens is 3. The third kappa shape index (κ3) is 5.45. The summed E-state index contributed by atoms with van der Waals surface area (Å²) in [5.41, 5.74) is 5.63. The number of halogens is 3. The zero-order valence-corrected chi connectivity index (χ0v) is 20.2. The molecule has 6 N–H and O–H groups in total. The lowest BCUT2D eigenvalue weighted by Crippen LogP contribution is -2.35. The molecule has 0 atom stereocenters. The van der Waals surface area contributed by atoms with Gasteiger partial charge in [0.25, 0.3) is 16.8 Å². The molecule has 0 saturated carbocycles. The second-order valence-electron chi connectivity index (χ2n) is 8.33. The third-order valence-corrected chi connectivity index (χ3v) is 5.63. The second-order valence-corrected chi connectivity index (χ2v) is 8.33. The van der Waals surface area contributed by atoms with E-state index in [9.17, 15) is 27.6 Å². The Kier molecular flexibility index (Phi) is 6.65. The van der Waals surface area contributed by atoms with Crippen molar-refractivity contribution in [1.29, 1.82) is 0 Å². The molecule has 0 aliphatic heterocycles. The molecule has 0 spiro atoms. The molecule has 202 valence electrons. The summed E-state index contributed by atoms with van der Waals surface area (Å²) in [6, 6.07) is 16.4. The highest BCUT2D eigenvalue weighted by atomic mass is 19.4. The normalized spacial score (nSPS) is 11.3. The molecular formula is C26H18F3N7O4. The lowest BCUT2D eigenvalue weighted by Gasteiger charge is -2.15. The van der Waals surface area contributed by atoms with Crippen molar-refractivity contribution in [2.24, 2.45) is 5.73 Å². The Morgan fingerprint density at radius 1 is 0.850 bits per heavy atom. The number of alkyl halides is 3. The highest BCUT2D eigenvalue weighted by Crippen LogP contribution is 2.31. The first-order valence-corrected chi connectivity index (χ1v) is 11.5. The molecule has 0 aliphatic carbocycles. The smallest absolute Gasteiger partial charge is 0.406 e. The van der Waals surface area contributed by atoms with E-state index in [-0.39, 0.29) is 34.1 Å². The van der Waals surface area contributed by atoms with Crippen LogP contribution in [-0.4, -0.2) is 27.5 Å². The minimum atomic E-state index is -4.84. The number of nitrogens with one attached hydrogen (secondary N) is 4. The number of rotatable bonds is 9. The van der Waals surface area contributed by atoms with Crippen LogP contribution in [0.2, 0.25) is 0 Å². The number of carbonyl (C=O) groups is 1. The average molecular weight is 549 g/mol. The quantitative estimate of drug-likeness (QED) is 0.169. The molecule has 0 radical (unpaired) electrons. The van der Waals surface area contributed by atoms with E-state index in [1.165, 1.54) is 12.1 Å². The zero-order chi connectivity index (χ0) is 28.4. The Bertz CT molecular complexity index is 1740. The number of H-pyrrole nitrogens is 1. The summed E-state index contributed by atoms with van der Waals surface area (Å²) in [5, 5.41) is 15.5. The van der Waals surface area contributed by atoms with E-state index in [2.05, 4.69) is 35.9 Å². The topological polar surface area (TPSA) is 164 Å². The first kappa shape index (κ1) is 26.0. The van der Waals surface area contributed by atoms with Crippen LogP contribution in [0, 0.1) is 0 Å². The van der Waals surface area contributed by atoms with Crippen molar-refractivity contribution >= 4 is 40.3 Å². The summed E-state index contributed by atoms with van der Waals surface area (Å²) >= 11 is 0. The van der Waals surface area contributed by atoms with Crippen LogP contribution in [0.15, 0.2) is 82.5 Å². The fourth-order valence-corrected chi connectivity index (χ4v) is 3.82. The molecule has 1 amide bonds. The molecule has 0 aliphatic rings. The number of primary amides is 1. The summed E-state index contributed by atoms with van der Waals surface area (Å²) in [6.45, 7) is 0. The largest absolute Gasteiger partial charge is 0.573 e. The summed E-state index contributed by atoms with van der Waals surface area (Å²) in [4.78, 5) is 40.7. The lowest BCUT2D eigenvalue weighted by molar-refractivity contribution is -0.274. The number of aromatic amines is 1. The Morgan fingerprint density at radius 3 is 1.98 bits per heavy atom. The predicted octanol–water partition coefficient (Wildman–Crippen LogP) is 4.30. The van der Waals surface area contributed by atoms with Crippen molar-refractivity contribution in [3.63, 3.8) is 0 Å². The minimum Gasteiger partial charge on any atom is -0.406 e. The van der Waals surface area contributed by atoms with Gasteiger partial charge < -0.3 is 26.4 Å². The predicted molar refractivity (Wildman–Crippen MR) is 141 cm³/mol. The van der Waals surface area contributed by atoms with Crippen LogP contribution in [0.5, 0.6) is 5.75 Å². The number of carbonyl (C=O) groups excluding carboxylic acids is 1. The highest BCUT2D eigenvalue weighted by molar-refractivity contribution is 6.04. The maximum atomic E-state index is 12.4. The second kappa shape index (κ2) is 10.2. The van der Waals surface area contributed by atoms with Crippen molar-refractivity contribution in [3.8, 4) is 17.0 Å². The molecular weight excluding hydrogens is 531 g/mol. The molecule has 5 aromatic rings. The zero-order valence-electron chi connectivity index (χ0n) is 20.2. The third-order valence-electron chi connectivity index (χ3n) is 5.63. The number of pyridine rings is 1. The average Bonchev–Trinajstić information content (AvgIpc) is 3.35. The molecule has 3 aromatic carbocycles. The first-order chi connectivity index (χ1) is 19.1. The van der Waals surface area contributed by atoms with E-state index in [0.29, 0.717) is 17.1 Å². The van der Waals surface area contributed by atoms with Crippen LogP contribution in [0.3, 0.4) is 0 Å². The molecule has 2 heterocycles. The van der Waals surface area contributed by atoms with Crippen molar-refractivity contribution in [2.75, 3.05) is 16.0 Å². The van der Waals surface area contributed by atoms with Gasteiger partial charge in [-0.2, -0.15) is 5.10 Å². The van der Waals surface area contributed by atoms with Crippen LogP contribution < -0.4 is 37.3 Å². The van der Waals surface area contributed by atoms with E-state index in [4.69, 9.17) is 5.73 Å². The number of hydrogen-bond acceptors (Lipinski definition) is 9. The SMILES string of the molecule is NC(=O)c1c(-c2ccc(Nc3c(Nc4ccc(OC(F)(F)F)cc4)c(=O)c3=O)cc2)n[nH]c1Nc1ccccn1. The fourth-order valence-electron chi connectivity index (χ4n) is 3.82. The van der Waals surface area contributed by atoms with Crippen LogP contribution >= 0.6 is 0 Å². The van der Waals surface area contributed by atoms with E-state index in [0.717, 1.165) is 12.1 Å². The van der Waals surface area contributed by atoms with Gasteiger partial charge in [0.1, 0.15) is 40.0 Å². The molecule has 0 bridgehead atoms. The van der Waals surface area contributed by atoms with E-state index in [1.807, 2.05) is 0 Å². The van der Waals surface area contributed by atoms with Gasteiger partial charge in [-0.1, -0.05) is 18.2 Å². The number of benzene rings is 2. The van der Waals surface area contributed by atoms with Crippen LogP contribution in [0.25, 0.3) is 11.3 Å². The number of nitrogens with zero attached hydrogens (tertiary/aromatic N) is 2. The van der Waals surface area contributed by atoms with Gasteiger partial charge >= 0.3 is 6.36 Å². The first-order valence-electron chi connectivity index (χ1n) is 11.5. The van der Waals surface area contributed by atoms with E-state index < -0.39 is 28.9 Å². The molecule has 0 saturated heterocycles. The van der Waals surface area contributed by atoms with E-state index >= 15 is 0 Å². The number of anilines is 6. The van der Waals surface area contributed by atoms with Crippen LogP contribution in [0.4, 0.5) is 47.6 Å². The Labute approximate surface area is 222 Å². The Hall–Kier alpha value is -5.66. The van der Waals surface area contributed by atoms with Gasteiger partial charge in [0.05, 0.1) is 0 Å². The molecule has 0 fully saturated rings. The Balaban J connectivity index is 1.32. The standard InChI is InChI=1S/C26H18F3N7O4/c27-26(28,29)40-16-10-8-15(9-11-16)33-21-20(22(37)23(21)38)32-14-6-4-13(5-7-14)19-18(24(30)39)25(36-35-19)34-17-3-1-2-12-31-17/h1-12,32-33H,(H2,30,39)(H2,31,34,35,36). The number of hydrogen-bond donors (Lipinski definition) is 5. The molecule has 2 aromatic heterocycles. The van der Waals surface area contributed by atoms with Gasteiger partial charge in [0.15, 0.2) is 0 Å². The molecule has 11 nitrogen and oxygen atoms in total. The maximum Gasteiger partial charge on any atom is 0.573 e. The van der Waals surface area contributed by atoms with Gasteiger partial charge in [-0.25, -0.2) is 4.98 Å².